The monoisotopic (exact) mass is 250 g/mol. The topological polar surface area (TPSA) is 47.7 Å². The number of hydrogen-bond donors (Lipinski definition) is 1. The molecule has 100 valence electrons. The van der Waals surface area contributed by atoms with Crippen molar-refractivity contribution in [3.05, 3.63) is 35.9 Å². The molecule has 0 spiro atoms. The summed E-state index contributed by atoms with van der Waals surface area (Å²) in [5.41, 5.74) is 7.02. The average Bonchev–Trinajstić information content (AvgIpc) is 2.46. The van der Waals surface area contributed by atoms with Gasteiger partial charge >= 0.3 is 0 Å². The Morgan fingerprint density at radius 3 is 2.61 bits per heavy atom. The number of benzene rings is 1. The first-order chi connectivity index (χ1) is 8.90. The highest BCUT2D eigenvalue weighted by molar-refractivity contribution is 5.13. The molecule has 1 saturated heterocycles. The molecule has 0 amide bonds. The van der Waals surface area contributed by atoms with Gasteiger partial charge in [0.1, 0.15) is 0 Å². The fraction of sp³-hybridized carbons (Fsp3) is 0.571. The largest absolute Gasteiger partial charge is 0.379 e. The summed E-state index contributed by atoms with van der Waals surface area (Å²) in [5, 5.41) is 0. The normalized spacial score (nSPS) is 18.7. The molecule has 1 aromatic rings. The fourth-order valence-electron chi connectivity index (χ4n) is 2.15. The summed E-state index contributed by atoms with van der Waals surface area (Å²) in [6.07, 6.45) is 0. The van der Waals surface area contributed by atoms with Crippen molar-refractivity contribution < 1.29 is 9.47 Å². The van der Waals surface area contributed by atoms with Crippen molar-refractivity contribution in [3.63, 3.8) is 0 Å². The molecule has 0 unspecified atom stereocenters. The van der Waals surface area contributed by atoms with Crippen molar-refractivity contribution >= 4 is 0 Å². The van der Waals surface area contributed by atoms with Gasteiger partial charge in [0.25, 0.3) is 0 Å². The molecule has 1 fully saturated rings. The van der Waals surface area contributed by atoms with Crippen LogP contribution in [0.4, 0.5) is 0 Å². The summed E-state index contributed by atoms with van der Waals surface area (Å²) in [7, 11) is 0. The van der Waals surface area contributed by atoms with Gasteiger partial charge < -0.3 is 15.2 Å². The summed E-state index contributed by atoms with van der Waals surface area (Å²) >= 11 is 0. The van der Waals surface area contributed by atoms with Gasteiger partial charge in [-0.3, -0.25) is 4.90 Å². The van der Waals surface area contributed by atoms with Crippen LogP contribution >= 0.6 is 0 Å². The molecular formula is C14H22N2O2. The Hall–Kier alpha value is -0.940. The fourth-order valence-corrected chi connectivity index (χ4v) is 2.15. The second-order valence-corrected chi connectivity index (χ2v) is 4.54. The molecular weight excluding hydrogens is 228 g/mol. The number of nitrogens with zero attached hydrogens (tertiary/aromatic N) is 1. The van der Waals surface area contributed by atoms with Crippen molar-refractivity contribution in [2.75, 3.05) is 39.5 Å². The van der Waals surface area contributed by atoms with Gasteiger partial charge in [0.2, 0.25) is 0 Å². The summed E-state index contributed by atoms with van der Waals surface area (Å²) in [5.74, 6) is 0. The third-order valence-corrected chi connectivity index (χ3v) is 3.26. The molecule has 18 heavy (non-hydrogen) atoms. The van der Waals surface area contributed by atoms with Crippen molar-refractivity contribution in [2.45, 2.75) is 12.6 Å². The van der Waals surface area contributed by atoms with Crippen molar-refractivity contribution in [3.8, 4) is 0 Å². The second kappa shape index (κ2) is 7.48. The van der Waals surface area contributed by atoms with E-state index in [9.17, 15) is 0 Å². The Labute approximate surface area is 109 Å². The summed E-state index contributed by atoms with van der Waals surface area (Å²) in [4.78, 5) is 2.36. The Kier molecular flexibility index (Phi) is 5.61. The van der Waals surface area contributed by atoms with Gasteiger partial charge in [-0.15, -0.1) is 0 Å². The van der Waals surface area contributed by atoms with Gasteiger partial charge in [-0.2, -0.15) is 0 Å². The third kappa shape index (κ3) is 4.07. The quantitative estimate of drug-likeness (QED) is 0.813. The first-order valence-electron chi connectivity index (χ1n) is 6.53. The van der Waals surface area contributed by atoms with E-state index in [0.29, 0.717) is 25.8 Å². The molecule has 1 aliphatic heterocycles. The van der Waals surface area contributed by atoms with E-state index in [0.717, 1.165) is 26.3 Å². The third-order valence-electron chi connectivity index (χ3n) is 3.26. The molecule has 1 aromatic carbocycles. The highest BCUT2D eigenvalue weighted by Gasteiger charge is 2.19. The first-order valence-corrected chi connectivity index (χ1v) is 6.53. The minimum atomic E-state index is 0.303. The predicted octanol–water partition coefficient (Wildman–Crippen LogP) is 0.863. The highest BCUT2D eigenvalue weighted by atomic mass is 16.5. The smallest absolute Gasteiger partial charge is 0.0717 e. The molecule has 0 aliphatic carbocycles. The molecule has 4 heteroatoms. The Bertz CT molecular complexity index is 326. The van der Waals surface area contributed by atoms with E-state index >= 15 is 0 Å². The Morgan fingerprint density at radius 1 is 1.22 bits per heavy atom. The van der Waals surface area contributed by atoms with Gasteiger partial charge in [0.15, 0.2) is 0 Å². The SMILES string of the molecule is NC[C@H](COCc1ccccc1)N1CCOCC1. The van der Waals surface area contributed by atoms with Crippen LogP contribution in [0, 0.1) is 0 Å². The van der Waals surface area contributed by atoms with E-state index < -0.39 is 0 Å². The van der Waals surface area contributed by atoms with E-state index in [1.165, 1.54) is 5.56 Å². The summed E-state index contributed by atoms with van der Waals surface area (Å²) < 4.78 is 11.1. The molecule has 4 nitrogen and oxygen atoms in total. The maximum absolute atomic E-state index is 5.82. The number of nitrogens with two attached hydrogens (primary N) is 1. The van der Waals surface area contributed by atoms with Crippen LogP contribution in [0.5, 0.6) is 0 Å². The van der Waals surface area contributed by atoms with Gasteiger partial charge in [0.05, 0.1) is 26.4 Å². The molecule has 0 radical (unpaired) electrons. The standard InChI is InChI=1S/C14H22N2O2/c15-10-14(16-6-8-17-9-7-16)12-18-11-13-4-2-1-3-5-13/h1-5,14H,6-12,15H2/t14-/m1/s1. The zero-order valence-electron chi connectivity index (χ0n) is 10.8. The van der Waals surface area contributed by atoms with E-state index in [1.54, 1.807) is 0 Å². The number of morpholine rings is 1. The molecule has 0 bridgehead atoms. The van der Waals surface area contributed by atoms with Gasteiger partial charge in [0, 0.05) is 25.7 Å². The summed E-state index contributed by atoms with van der Waals surface area (Å²) in [6.45, 7) is 5.49. The van der Waals surface area contributed by atoms with Gasteiger partial charge in [-0.05, 0) is 5.56 Å². The van der Waals surface area contributed by atoms with Crippen molar-refractivity contribution in [1.82, 2.24) is 4.90 Å². The molecule has 0 aromatic heterocycles. The second-order valence-electron chi connectivity index (χ2n) is 4.54. The van der Waals surface area contributed by atoms with Crippen LogP contribution in [0.15, 0.2) is 30.3 Å². The Balaban J connectivity index is 1.73. The van der Waals surface area contributed by atoms with Gasteiger partial charge in [-0.25, -0.2) is 0 Å². The molecule has 2 N–H and O–H groups in total. The van der Waals surface area contributed by atoms with Crippen molar-refractivity contribution in [2.24, 2.45) is 5.73 Å². The van der Waals surface area contributed by atoms with E-state index in [-0.39, 0.29) is 0 Å². The van der Waals surface area contributed by atoms with Crippen LogP contribution in [0.1, 0.15) is 5.56 Å². The van der Waals surface area contributed by atoms with Crippen molar-refractivity contribution in [1.29, 1.82) is 0 Å². The minimum Gasteiger partial charge on any atom is -0.379 e. The van der Waals surface area contributed by atoms with Crippen LogP contribution in [0.2, 0.25) is 0 Å². The highest BCUT2D eigenvalue weighted by Crippen LogP contribution is 2.06. The number of rotatable bonds is 6. The van der Waals surface area contributed by atoms with E-state index in [1.807, 2.05) is 18.2 Å². The van der Waals surface area contributed by atoms with Gasteiger partial charge in [-0.1, -0.05) is 30.3 Å². The lowest BCUT2D eigenvalue weighted by Gasteiger charge is -2.33. The zero-order chi connectivity index (χ0) is 12.6. The minimum absolute atomic E-state index is 0.303. The first kappa shape index (κ1) is 13.5. The van der Waals surface area contributed by atoms with Crippen LogP contribution in [-0.2, 0) is 16.1 Å². The lowest BCUT2D eigenvalue weighted by Crippen LogP contribution is -2.49. The van der Waals surface area contributed by atoms with Crippen LogP contribution in [-0.4, -0.2) is 50.4 Å². The molecule has 1 heterocycles. The zero-order valence-corrected chi connectivity index (χ0v) is 10.8. The summed E-state index contributed by atoms with van der Waals surface area (Å²) in [6, 6.07) is 10.5. The Morgan fingerprint density at radius 2 is 1.94 bits per heavy atom. The molecule has 0 saturated carbocycles. The molecule has 1 atom stereocenters. The molecule has 1 aliphatic rings. The van der Waals surface area contributed by atoms with E-state index in [2.05, 4.69) is 17.0 Å². The maximum atomic E-state index is 5.82. The maximum Gasteiger partial charge on any atom is 0.0717 e. The molecule has 2 rings (SSSR count). The van der Waals surface area contributed by atoms with Crippen LogP contribution in [0.3, 0.4) is 0 Å². The van der Waals surface area contributed by atoms with E-state index in [4.69, 9.17) is 15.2 Å². The number of hydrogen-bond acceptors (Lipinski definition) is 4. The predicted molar refractivity (Wildman–Crippen MR) is 71.3 cm³/mol. The lowest BCUT2D eigenvalue weighted by molar-refractivity contribution is -0.0110. The lowest BCUT2D eigenvalue weighted by atomic mass is 10.2. The van der Waals surface area contributed by atoms with Crippen LogP contribution in [0.25, 0.3) is 0 Å². The van der Waals surface area contributed by atoms with Crippen LogP contribution < -0.4 is 5.73 Å². The number of ether oxygens (including phenoxy) is 2. The average molecular weight is 250 g/mol.